The number of ether oxygens (including phenoxy) is 1. The maximum absolute atomic E-state index is 11.1. The quantitative estimate of drug-likeness (QED) is 0.314. The summed E-state index contributed by atoms with van der Waals surface area (Å²) in [6, 6.07) is 15.5. The minimum Gasteiger partial charge on any atom is -0.424 e. The third kappa shape index (κ3) is 3.69. The number of anilines is 1. The van der Waals surface area contributed by atoms with Crippen LogP contribution < -0.4 is 10.5 Å². The van der Waals surface area contributed by atoms with E-state index in [1.165, 1.54) is 12.1 Å². The third-order valence-corrected chi connectivity index (χ3v) is 5.08. The molecule has 3 heterocycles. The van der Waals surface area contributed by atoms with E-state index in [0.717, 1.165) is 22.4 Å². The van der Waals surface area contributed by atoms with Gasteiger partial charge in [0.15, 0.2) is 0 Å². The zero-order chi connectivity index (χ0) is 22.9. The number of aryl methyl sites for hydroxylation is 1. The van der Waals surface area contributed by atoms with Crippen molar-refractivity contribution >= 4 is 17.3 Å². The molecule has 0 amide bonds. The van der Waals surface area contributed by atoms with Gasteiger partial charge in [-0.25, -0.2) is 19.9 Å². The first-order valence-corrected chi connectivity index (χ1v) is 9.95. The number of nitro benzene ring substituents is 1. The Kier molecular flexibility index (Phi) is 4.87. The monoisotopic (exact) mass is 439 g/mol. The highest BCUT2D eigenvalue weighted by Crippen LogP contribution is 2.36. The van der Waals surface area contributed by atoms with Gasteiger partial charge in [0.1, 0.15) is 11.4 Å². The Bertz CT molecular complexity index is 1460. The molecule has 3 aromatic heterocycles. The molecule has 0 radical (unpaired) electrons. The molecule has 33 heavy (non-hydrogen) atoms. The summed E-state index contributed by atoms with van der Waals surface area (Å²) in [6.07, 6.45) is 4.87. The lowest BCUT2D eigenvalue weighted by Crippen LogP contribution is -2.03. The fraction of sp³-hybridized carbons (Fsp3) is 0.0435. The van der Waals surface area contributed by atoms with Gasteiger partial charge >= 0.3 is 6.01 Å². The fourth-order valence-electron chi connectivity index (χ4n) is 3.52. The number of imidazole rings is 1. The van der Waals surface area contributed by atoms with E-state index in [0.29, 0.717) is 17.1 Å². The second kappa shape index (κ2) is 8.00. The summed E-state index contributed by atoms with van der Waals surface area (Å²) in [5.41, 5.74) is 10.6. The molecule has 0 aliphatic rings. The summed E-state index contributed by atoms with van der Waals surface area (Å²) in [6.45, 7) is 1.90. The van der Waals surface area contributed by atoms with Crippen molar-refractivity contribution in [3.8, 4) is 34.3 Å². The Morgan fingerprint density at radius 1 is 0.970 bits per heavy atom. The highest BCUT2D eigenvalue weighted by Gasteiger charge is 2.20. The Hall–Kier alpha value is -4.86. The van der Waals surface area contributed by atoms with Gasteiger partial charge in [-0.05, 0) is 49.4 Å². The molecule has 5 rings (SSSR count). The van der Waals surface area contributed by atoms with Gasteiger partial charge in [0, 0.05) is 47.4 Å². The Balaban J connectivity index is 1.64. The zero-order valence-corrected chi connectivity index (χ0v) is 17.4. The lowest BCUT2D eigenvalue weighted by molar-refractivity contribution is -0.384. The first kappa shape index (κ1) is 20.1. The van der Waals surface area contributed by atoms with E-state index < -0.39 is 4.92 Å². The molecule has 0 spiro atoms. The minimum absolute atomic E-state index is 0.00561. The van der Waals surface area contributed by atoms with Gasteiger partial charge < -0.3 is 10.5 Å². The van der Waals surface area contributed by atoms with Crippen LogP contribution in [0.15, 0.2) is 73.2 Å². The topological polar surface area (TPSA) is 134 Å². The number of hydrogen-bond acceptors (Lipinski definition) is 8. The summed E-state index contributed by atoms with van der Waals surface area (Å²) >= 11 is 0. The molecule has 0 aliphatic carbocycles. The smallest absolute Gasteiger partial charge is 0.321 e. The summed E-state index contributed by atoms with van der Waals surface area (Å²) in [5.74, 6) is 0.849. The summed E-state index contributed by atoms with van der Waals surface area (Å²) < 4.78 is 7.47. The van der Waals surface area contributed by atoms with Crippen LogP contribution in [0.25, 0.3) is 28.2 Å². The van der Waals surface area contributed by atoms with Crippen molar-refractivity contribution in [3.63, 3.8) is 0 Å². The molecule has 0 bridgehead atoms. The minimum atomic E-state index is -0.435. The normalized spacial score (nSPS) is 10.9. The molecule has 5 aromatic rings. The predicted octanol–water partition coefficient (Wildman–Crippen LogP) is 4.44. The molecular weight excluding hydrogens is 422 g/mol. The van der Waals surface area contributed by atoms with Crippen molar-refractivity contribution in [1.29, 1.82) is 0 Å². The zero-order valence-electron chi connectivity index (χ0n) is 17.4. The molecule has 162 valence electrons. The van der Waals surface area contributed by atoms with Gasteiger partial charge in [-0.1, -0.05) is 0 Å². The lowest BCUT2D eigenvalue weighted by Gasteiger charge is -2.09. The SMILES string of the molecule is Cc1cnc(N)n2c(-c3ccc(Oc4ncccn4)cc3)c(-c3ccc([N+](=O)[O-])cc3)nc12. The average Bonchev–Trinajstić information content (AvgIpc) is 3.25. The molecule has 0 saturated heterocycles. The fourth-order valence-corrected chi connectivity index (χ4v) is 3.52. The van der Waals surface area contributed by atoms with E-state index in [9.17, 15) is 10.1 Å². The van der Waals surface area contributed by atoms with E-state index in [-0.39, 0.29) is 17.6 Å². The molecular formula is C23H17N7O3. The lowest BCUT2D eigenvalue weighted by atomic mass is 10.0. The van der Waals surface area contributed by atoms with E-state index in [2.05, 4.69) is 15.0 Å². The van der Waals surface area contributed by atoms with Gasteiger partial charge in [-0.3, -0.25) is 14.5 Å². The van der Waals surface area contributed by atoms with Crippen LogP contribution >= 0.6 is 0 Å². The van der Waals surface area contributed by atoms with Gasteiger partial charge in [0.25, 0.3) is 5.69 Å². The van der Waals surface area contributed by atoms with E-state index in [1.54, 1.807) is 53.3 Å². The molecule has 0 aliphatic heterocycles. The summed E-state index contributed by atoms with van der Waals surface area (Å²) in [7, 11) is 0. The molecule has 0 fully saturated rings. The van der Waals surface area contributed by atoms with Crippen LogP contribution in [0.2, 0.25) is 0 Å². The van der Waals surface area contributed by atoms with Gasteiger partial charge in [0.05, 0.1) is 16.3 Å². The van der Waals surface area contributed by atoms with Gasteiger partial charge in [-0.15, -0.1) is 0 Å². The second-order valence-electron chi connectivity index (χ2n) is 7.23. The van der Waals surface area contributed by atoms with Crippen molar-refractivity contribution in [2.24, 2.45) is 0 Å². The van der Waals surface area contributed by atoms with Crippen LogP contribution in [0, 0.1) is 17.0 Å². The molecule has 0 atom stereocenters. The molecule has 2 N–H and O–H groups in total. The van der Waals surface area contributed by atoms with Crippen molar-refractivity contribution in [1.82, 2.24) is 24.3 Å². The number of nitrogens with zero attached hydrogens (tertiary/aromatic N) is 6. The Morgan fingerprint density at radius 3 is 2.30 bits per heavy atom. The van der Waals surface area contributed by atoms with Crippen LogP contribution in [-0.2, 0) is 0 Å². The number of benzene rings is 2. The van der Waals surface area contributed by atoms with Crippen molar-refractivity contribution in [2.45, 2.75) is 6.92 Å². The van der Waals surface area contributed by atoms with Crippen LogP contribution in [0.5, 0.6) is 11.8 Å². The van der Waals surface area contributed by atoms with Crippen LogP contribution in [0.3, 0.4) is 0 Å². The van der Waals surface area contributed by atoms with Gasteiger partial charge in [-0.2, -0.15) is 0 Å². The standard InChI is InChI=1S/C23H17N7O3/c1-14-13-27-22(24)29-20(16-5-9-18(10-6-16)33-23-25-11-2-12-26-23)19(28-21(14)29)15-3-7-17(8-4-15)30(31)32/h2-13H,1H3,(H2,24,27). The molecule has 10 heteroatoms. The maximum Gasteiger partial charge on any atom is 0.321 e. The Labute approximate surface area is 187 Å². The van der Waals surface area contributed by atoms with Crippen molar-refractivity contribution in [3.05, 3.63) is 88.9 Å². The van der Waals surface area contributed by atoms with Crippen LogP contribution in [0.1, 0.15) is 5.56 Å². The average molecular weight is 439 g/mol. The van der Waals surface area contributed by atoms with E-state index in [4.69, 9.17) is 15.5 Å². The number of aromatic nitrogens is 5. The molecule has 2 aromatic carbocycles. The Morgan fingerprint density at radius 2 is 1.64 bits per heavy atom. The maximum atomic E-state index is 11.1. The number of nitrogens with two attached hydrogens (primary N) is 1. The second-order valence-corrected chi connectivity index (χ2v) is 7.23. The highest BCUT2D eigenvalue weighted by molar-refractivity contribution is 5.84. The van der Waals surface area contributed by atoms with E-state index >= 15 is 0 Å². The number of fused-ring (bicyclic) bond motifs is 1. The molecule has 0 saturated carbocycles. The summed E-state index contributed by atoms with van der Waals surface area (Å²) in [5, 5.41) is 11.1. The first-order valence-electron chi connectivity index (χ1n) is 9.95. The van der Waals surface area contributed by atoms with Crippen molar-refractivity contribution in [2.75, 3.05) is 5.73 Å². The number of nitrogen functional groups attached to an aromatic ring is 1. The van der Waals surface area contributed by atoms with Crippen LogP contribution in [0.4, 0.5) is 11.6 Å². The third-order valence-electron chi connectivity index (χ3n) is 5.08. The number of non-ortho nitro benzene ring substituents is 1. The van der Waals surface area contributed by atoms with Gasteiger partial charge in [0.2, 0.25) is 5.95 Å². The predicted molar refractivity (Wildman–Crippen MR) is 122 cm³/mol. The van der Waals surface area contributed by atoms with E-state index in [1.807, 2.05) is 19.1 Å². The largest absolute Gasteiger partial charge is 0.424 e. The number of hydrogen-bond donors (Lipinski definition) is 1. The van der Waals surface area contributed by atoms with Crippen molar-refractivity contribution < 1.29 is 9.66 Å². The summed E-state index contributed by atoms with van der Waals surface area (Å²) in [4.78, 5) is 27.8. The molecule has 0 unspecified atom stereocenters. The number of rotatable bonds is 5. The molecule has 10 nitrogen and oxygen atoms in total. The van der Waals surface area contributed by atoms with Crippen LogP contribution in [-0.4, -0.2) is 29.3 Å². The highest BCUT2D eigenvalue weighted by atomic mass is 16.6. The number of nitro groups is 1. The first-order chi connectivity index (χ1) is 16.0.